The first-order valence-electron chi connectivity index (χ1n) is 13.2. The van der Waals surface area contributed by atoms with E-state index in [2.05, 4.69) is 17.4 Å². The van der Waals surface area contributed by atoms with Gasteiger partial charge in [-0.3, -0.25) is 4.79 Å². The van der Waals surface area contributed by atoms with Gasteiger partial charge in [-0.15, -0.1) is 0 Å². The molecular weight excluding hydrogens is 490 g/mol. The minimum atomic E-state index is -0.368. The Bertz CT molecular complexity index is 1370. The number of esters is 1. The van der Waals surface area contributed by atoms with Crippen LogP contribution in [0.5, 0.6) is 11.5 Å². The molecule has 0 aliphatic carbocycles. The van der Waals surface area contributed by atoms with Gasteiger partial charge in [0.1, 0.15) is 18.1 Å². The zero-order valence-electron chi connectivity index (χ0n) is 22.3. The Labute approximate surface area is 229 Å². The van der Waals surface area contributed by atoms with Crippen LogP contribution in [0.25, 0.3) is 11.1 Å². The molecule has 4 aromatic carbocycles. The number of anilines is 1. The summed E-state index contributed by atoms with van der Waals surface area (Å²) in [6.45, 7) is 5.09. The molecule has 1 amide bonds. The monoisotopic (exact) mass is 523 g/mol. The fourth-order valence-electron chi connectivity index (χ4n) is 3.95. The van der Waals surface area contributed by atoms with E-state index < -0.39 is 0 Å². The Morgan fingerprint density at radius 1 is 0.744 bits per heavy atom. The predicted octanol–water partition coefficient (Wildman–Crippen LogP) is 7.54. The molecule has 0 aliphatic heterocycles. The van der Waals surface area contributed by atoms with Gasteiger partial charge in [0.15, 0.2) is 0 Å². The van der Waals surface area contributed by atoms with Crippen molar-refractivity contribution in [1.29, 1.82) is 0 Å². The van der Waals surface area contributed by atoms with Gasteiger partial charge in [0.05, 0.1) is 18.8 Å². The van der Waals surface area contributed by atoms with Crippen molar-refractivity contribution < 1.29 is 23.8 Å². The summed E-state index contributed by atoms with van der Waals surface area (Å²) in [5, 5.41) is 2.88. The van der Waals surface area contributed by atoms with Gasteiger partial charge in [-0.25, -0.2) is 4.79 Å². The molecule has 0 saturated heterocycles. The van der Waals surface area contributed by atoms with Gasteiger partial charge in [0, 0.05) is 16.8 Å². The van der Waals surface area contributed by atoms with Gasteiger partial charge in [-0.2, -0.15) is 0 Å². The molecule has 0 aromatic heterocycles. The summed E-state index contributed by atoms with van der Waals surface area (Å²) in [7, 11) is 0. The summed E-state index contributed by atoms with van der Waals surface area (Å²) in [5.74, 6) is 0.748. The van der Waals surface area contributed by atoms with Crippen molar-refractivity contribution in [1.82, 2.24) is 0 Å². The molecule has 4 rings (SSSR count). The Kier molecular flexibility index (Phi) is 9.73. The second kappa shape index (κ2) is 13.8. The van der Waals surface area contributed by atoms with E-state index in [1.807, 2.05) is 56.3 Å². The van der Waals surface area contributed by atoms with Crippen LogP contribution in [0.15, 0.2) is 97.1 Å². The number of ether oxygens (including phenoxy) is 3. The molecule has 4 aromatic rings. The summed E-state index contributed by atoms with van der Waals surface area (Å²) >= 11 is 0. The number of nitrogens with one attached hydrogen (secondary N) is 1. The Balaban J connectivity index is 1.41. The van der Waals surface area contributed by atoms with Crippen LogP contribution < -0.4 is 14.8 Å². The number of carbonyl (C=O) groups is 2. The van der Waals surface area contributed by atoms with Crippen LogP contribution in [-0.4, -0.2) is 25.1 Å². The molecular formula is C33H33NO5. The molecule has 6 heteroatoms. The fraction of sp³-hybridized carbons (Fsp3) is 0.212. The lowest BCUT2D eigenvalue weighted by Gasteiger charge is -2.14. The lowest BCUT2D eigenvalue weighted by Crippen LogP contribution is -2.13. The molecule has 1 N–H and O–H groups in total. The van der Waals surface area contributed by atoms with Gasteiger partial charge in [0.25, 0.3) is 5.91 Å². The Hall–Kier alpha value is -4.58. The highest BCUT2D eigenvalue weighted by Crippen LogP contribution is 2.26. The molecule has 200 valence electrons. The second-order valence-corrected chi connectivity index (χ2v) is 8.96. The maximum Gasteiger partial charge on any atom is 0.338 e. The molecule has 6 nitrogen and oxygen atoms in total. The average Bonchev–Trinajstić information content (AvgIpc) is 2.98. The summed E-state index contributed by atoms with van der Waals surface area (Å²) in [5.41, 5.74) is 4.51. The van der Waals surface area contributed by atoms with E-state index in [-0.39, 0.29) is 18.5 Å². The zero-order valence-corrected chi connectivity index (χ0v) is 22.3. The quantitative estimate of drug-likeness (QED) is 0.153. The molecule has 0 spiro atoms. The fourth-order valence-corrected chi connectivity index (χ4v) is 3.95. The van der Waals surface area contributed by atoms with Gasteiger partial charge in [-0.1, -0.05) is 55.8 Å². The van der Waals surface area contributed by atoms with Crippen molar-refractivity contribution in [2.45, 2.75) is 33.3 Å². The number of carbonyl (C=O) groups excluding carboxylic acids is 2. The molecule has 0 aliphatic rings. The molecule has 0 radical (unpaired) electrons. The van der Waals surface area contributed by atoms with Crippen molar-refractivity contribution in [3.8, 4) is 22.6 Å². The van der Waals surface area contributed by atoms with E-state index in [4.69, 9.17) is 14.2 Å². The van der Waals surface area contributed by atoms with E-state index in [1.54, 1.807) is 42.5 Å². The highest BCUT2D eigenvalue weighted by molar-refractivity contribution is 6.04. The molecule has 0 heterocycles. The summed E-state index contributed by atoms with van der Waals surface area (Å²) in [6.07, 6.45) is 1.79. The van der Waals surface area contributed by atoms with E-state index in [0.717, 1.165) is 35.3 Å². The lowest BCUT2D eigenvalue weighted by molar-refractivity contribution is 0.0499. The van der Waals surface area contributed by atoms with Gasteiger partial charge < -0.3 is 19.5 Å². The second-order valence-electron chi connectivity index (χ2n) is 8.96. The zero-order chi connectivity index (χ0) is 27.5. The molecule has 0 saturated carbocycles. The van der Waals surface area contributed by atoms with Gasteiger partial charge in [-0.05, 0) is 79.1 Å². The number of hydrogen-bond donors (Lipinski definition) is 1. The van der Waals surface area contributed by atoms with Crippen LogP contribution in [0.3, 0.4) is 0 Å². The minimum Gasteiger partial charge on any atom is -0.493 e. The molecule has 0 atom stereocenters. The Morgan fingerprint density at radius 2 is 1.44 bits per heavy atom. The SMILES string of the molecule is CCCCOC(=O)c1ccc(NC(=O)c2ccc(OCC)c(COc3ccc(-c4ccccc4)cc3)c2)cc1. The first-order chi connectivity index (χ1) is 19.1. The Morgan fingerprint density at radius 3 is 2.13 bits per heavy atom. The van der Waals surface area contributed by atoms with Crippen LogP contribution in [0.2, 0.25) is 0 Å². The van der Waals surface area contributed by atoms with Crippen molar-refractivity contribution in [3.05, 3.63) is 114 Å². The highest BCUT2D eigenvalue weighted by Gasteiger charge is 2.13. The standard InChI is InChI=1S/C33H33NO5/c1-3-5-21-38-33(36)26-11-16-29(17-12-26)34-32(35)27-15-20-31(37-4-2)28(22-27)23-39-30-18-13-25(14-19-30)24-9-7-6-8-10-24/h6-20,22H,3-5,21,23H2,1-2H3,(H,34,35). The van der Waals surface area contributed by atoms with E-state index in [0.29, 0.717) is 35.8 Å². The van der Waals surface area contributed by atoms with E-state index in [9.17, 15) is 9.59 Å². The first-order valence-corrected chi connectivity index (χ1v) is 13.2. The number of rotatable bonds is 12. The van der Waals surface area contributed by atoms with Crippen molar-refractivity contribution >= 4 is 17.6 Å². The van der Waals surface area contributed by atoms with Gasteiger partial charge in [0.2, 0.25) is 0 Å². The largest absolute Gasteiger partial charge is 0.493 e. The van der Waals surface area contributed by atoms with Crippen LogP contribution in [0, 0.1) is 0 Å². The summed E-state index contributed by atoms with van der Waals surface area (Å²) in [4.78, 5) is 25.1. The van der Waals surface area contributed by atoms with E-state index in [1.165, 1.54) is 0 Å². The lowest BCUT2D eigenvalue weighted by atomic mass is 10.1. The third-order valence-electron chi connectivity index (χ3n) is 6.09. The number of amides is 1. The summed E-state index contributed by atoms with van der Waals surface area (Å²) in [6, 6.07) is 30.0. The maximum absolute atomic E-state index is 13.0. The maximum atomic E-state index is 13.0. The number of hydrogen-bond acceptors (Lipinski definition) is 5. The molecule has 0 bridgehead atoms. The third kappa shape index (κ3) is 7.71. The first kappa shape index (κ1) is 27.5. The highest BCUT2D eigenvalue weighted by atomic mass is 16.5. The number of benzene rings is 4. The molecule has 0 fully saturated rings. The van der Waals surface area contributed by atoms with Crippen LogP contribution >= 0.6 is 0 Å². The van der Waals surface area contributed by atoms with Crippen LogP contribution in [0.1, 0.15) is 53.0 Å². The van der Waals surface area contributed by atoms with Crippen LogP contribution in [-0.2, 0) is 11.3 Å². The topological polar surface area (TPSA) is 73.9 Å². The predicted molar refractivity (Wildman–Crippen MR) is 153 cm³/mol. The minimum absolute atomic E-state index is 0.246. The van der Waals surface area contributed by atoms with Crippen molar-refractivity contribution in [2.75, 3.05) is 18.5 Å². The van der Waals surface area contributed by atoms with Crippen LogP contribution in [0.4, 0.5) is 5.69 Å². The smallest absolute Gasteiger partial charge is 0.338 e. The van der Waals surface area contributed by atoms with E-state index >= 15 is 0 Å². The average molecular weight is 524 g/mol. The third-order valence-corrected chi connectivity index (χ3v) is 6.09. The number of unbranched alkanes of at least 4 members (excludes halogenated alkanes) is 1. The summed E-state index contributed by atoms with van der Waals surface area (Å²) < 4.78 is 17.0. The van der Waals surface area contributed by atoms with Gasteiger partial charge >= 0.3 is 5.97 Å². The van der Waals surface area contributed by atoms with Crippen molar-refractivity contribution in [3.63, 3.8) is 0 Å². The normalized spacial score (nSPS) is 10.5. The molecule has 0 unspecified atom stereocenters. The molecule has 39 heavy (non-hydrogen) atoms. The van der Waals surface area contributed by atoms with Crippen molar-refractivity contribution in [2.24, 2.45) is 0 Å².